The highest BCUT2D eigenvalue weighted by molar-refractivity contribution is 5.54. The van der Waals surface area contributed by atoms with Gasteiger partial charge in [-0.15, -0.1) is 0 Å². The van der Waals surface area contributed by atoms with Crippen molar-refractivity contribution in [3.8, 4) is 0 Å². The molecule has 1 unspecified atom stereocenters. The smallest absolute Gasteiger partial charge is 0.212 e. The Morgan fingerprint density at radius 2 is 2.14 bits per heavy atom. The predicted molar refractivity (Wildman–Crippen MR) is 54.9 cm³/mol. The zero-order valence-corrected chi connectivity index (χ0v) is 8.56. The molecule has 0 saturated heterocycles. The standard InChI is InChI=1S/C11H15NO2/c1-3-12-10-8-6-5-7-9(10)11(14-12)13-4-2/h5-8,11H,3-4H2,1-2H3. The molecule has 0 spiro atoms. The van der Waals surface area contributed by atoms with Crippen LogP contribution in [0, 0.1) is 0 Å². The Labute approximate surface area is 84.2 Å². The Bertz CT molecular complexity index is 314. The zero-order chi connectivity index (χ0) is 9.97. The molecular weight excluding hydrogens is 178 g/mol. The van der Waals surface area contributed by atoms with Crippen LogP contribution in [0.4, 0.5) is 5.69 Å². The summed E-state index contributed by atoms with van der Waals surface area (Å²) in [5.74, 6) is 0. The van der Waals surface area contributed by atoms with E-state index < -0.39 is 0 Å². The maximum Gasteiger partial charge on any atom is 0.212 e. The molecule has 1 aliphatic heterocycles. The minimum absolute atomic E-state index is 0.226. The lowest BCUT2D eigenvalue weighted by molar-refractivity contribution is -0.137. The molecule has 3 heteroatoms. The summed E-state index contributed by atoms with van der Waals surface area (Å²) >= 11 is 0. The van der Waals surface area contributed by atoms with Gasteiger partial charge in [-0.05, 0) is 19.9 Å². The van der Waals surface area contributed by atoms with Gasteiger partial charge in [0.05, 0.1) is 5.69 Å². The second-order valence-corrected chi connectivity index (χ2v) is 3.15. The van der Waals surface area contributed by atoms with Crippen molar-refractivity contribution in [2.45, 2.75) is 20.1 Å². The lowest BCUT2D eigenvalue weighted by Gasteiger charge is -2.16. The van der Waals surface area contributed by atoms with Crippen LogP contribution in [0.15, 0.2) is 24.3 Å². The van der Waals surface area contributed by atoms with E-state index in [4.69, 9.17) is 9.57 Å². The third kappa shape index (κ3) is 1.49. The predicted octanol–water partition coefficient (Wildman–Crippen LogP) is 2.49. The number of nitrogens with zero attached hydrogens (tertiary/aromatic N) is 1. The molecule has 1 aromatic rings. The average Bonchev–Trinajstić information content (AvgIpc) is 2.58. The molecule has 0 aromatic heterocycles. The minimum Gasteiger partial charge on any atom is -0.347 e. The van der Waals surface area contributed by atoms with Gasteiger partial charge in [0.15, 0.2) is 0 Å². The van der Waals surface area contributed by atoms with E-state index in [-0.39, 0.29) is 6.29 Å². The van der Waals surface area contributed by atoms with E-state index in [1.54, 1.807) is 0 Å². The molecule has 0 saturated carbocycles. The molecule has 0 amide bonds. The quantitative estimate of drug-likeness (QED) is 0.736. The molecule has 2 rings (SSSR count). The van der Waals surface area contributed by atoms with Crippen molar-refractivity contribution in [2.75, 3.05) is 18.2 Å². The summed E-state index contributed by atoms with van der Waals surface area (Å²) in [7, 11) is 0. The van der Waals surface area contributed by atoms with Gasteiger partial charge in [-0.3, -0.25) is 5.06 Å². The third-order valence-electron chi connectivity index (χ3n) is 2.29. The molecule has 76 valence electrons. The van der Waals surface area contributed by atoms with E-state index in [9.17, 15) is 0 Å². The number of hydrogen-bond donors (Lipinski definition) is 0. The SMILES string of the molecule is CCOC1ON(CC)c2ccccc21. The van der Waals surface area contributed by atoms with Crippen LogP contribution in [-0.4, -0.2) is 13.2 Å². The highest BCUT2D eigenvalue weighted by atomic mass is 16.8. The van der Waals surface area contributed by atoms with E-state index in [1.807, 2.05) is 30.2 Å². The van der Waals surface area contributed by atoms with Crippen LogP contribution in [0.3, 0.4) is 0 Å². The second kappa shape index (κ2) is 3.98. The molecule has 0 radical (unpaired) electrons. The van der Waals surface area contributed by atoms with Crippen molar-refractivity contribution in [1.29, 1.82) is 0 Å². The van der Waals surface area contributed by atoms with E-state index in [2.05, 4.69) is 13.0 Å². The van der Waals surface area contributed by atoms with Crippen molar-refractivity contribution in [3.05, 3.63) is 29.8 Å². The van der Waals surface area contributed by atoms with E-state index >= 15 is 0 Å². The molecule has 0 bridgehead atoms. The summed E-state index contributed by atoms with van der Waals surface area (Å²) in [4.78, 5) is 5.63. The van der Waals surface area contributed by atoms with Gasteiger partial charge in [-0.25, -0.2) is 4.84 Å². The van der Waals surface area contributed by atoms with Gasteiger partial charge in [-0.2, -0.15) is 0 Å². The van der Waals surface area contributed by atoms with Crippen molar-refractivity contribution >= 4 is 5.69 Å². The van der Waals surface area contributed by atoms with Gasteiger partial charge in [0.2, 0.25) is 6.29 Å². The van der Waals surface area contributed by atoms with Gasteiger partial charge in [0.1, 0.15) is 0 Å². The first kappa shape index (κ1) is 9.49. The van der Waals surface area contributed by atoms with E-state index in [1.165, 1.54) is 0 Å². The summed E-state index contributed by atoms with van der Waals surface area (Å²) in [6, 6.07) is 8.12. The van der Waals surface area contributed by atoms with Gasteiger partial charge in [0, 0.05) is 18.7 Å². The maximum absolute atomic E-state index is 5.63. The normalized spacial score (nSPS) is 19.9. The Hall–Kier alpha value is -1.06. The first-order chi connectivity index (χ1) is 6.86. The molecule has 0 fully saturated rings. The molecule has 0 aliphatic carbocycles. The molecular formula is C11H15NO2. The van der Waals surface area contributed by atoms with Crippen LogP contribution in [0.25, 0.3) is 0 Å². The van der Waals surface area contributed by atoms with E-state index in [0.29, 0.717) is 6.61 Å². The van der Waals surface area contributed by atoms with Gasteiger partial charge < -0.3 is 4.74 Å². The summed E-state index contributed by atoms with van der Waals surface area (Å²) in [6.07, 6.45) is -0.226. The Balaban J connectivity index is 2.29. The number of anilines is 1. The number of ether oxygens (including phenoxy) is 1. The maximum atomic E-state index is 5.63. The fourth-order valence-electron chi connectivity index (χ4n) is 1.66. The second-order valence-electron chi connectivity index (χ2n) is 3.15. The van der Waals surface area contributed by atoms with E-state index in [0.717, 1.165) is 17.8 Å². The van der Waals surface area contributed by atoms with Gasteiger partial charge in [-0.1, -0.05) is 18.2 Å². The van der Waals surface area contributed by atoms with Gasteiger partial charge in [0.25, 0.3) is 0 Å². The van der Waals surface area contributed by atoms with Crippen molar-refractivity contribution in [3.63, 3.8) is 0 Å². The number of para-hydroxylation sites is 1. The molecule has 1 heterocycles. The highest BCUT2D eigenvalue weighted by Gasteiger charge is 2.28. The van der Waals surface area contributed by atoms with Crippen molar-refractivity contribution in [2.24, 2.45) is 0 Å². The summed E-state index contributed by atoms with van der Waals surface area (Å²) in [5.41, 5.74) is 2.24. The zero-order valence-electron chi connectivity index (χ0n) is 8.56. The molecule has 14 heavy (non-hydrogen) atoms. The van der Waals surface area contributed by atoms with Crippen LogP contribution in [0.1, 0.15) is 25.7 Å². The van der Waals surface area contributed by atoms with Crippen LogP contribution < -0.4 is 5.06 Å². The molecule has 1 aliphatic rings. The Morgan fingerprint density at radius 3 is 2.86 bits per heavy atom. The van der Waals surface area contributed by atoms with Crippen LogP contribution in [0.5, 0.6) is 0 Å². The Kier molecular flexibility index (Phi) is 2.70. The number of hydrogen-bond acceptors (Lipinski definition) is 3. The monoisotopic (exact) mass is 193 g/mol. The Morgan fingerprint density at radius 1 is 1.36 bits per heavy atom. The summed E-state index contributed by atoms with van der Waals surface area (Å²) in [5, 5.41) is 1.87. The fourth-order valence-corrected chi connectivity index (χ4v) is 1.66. The van der Waals surface area contributed by atoms with Crippen molar-refractivity contribution < 1.29 is 9.57 Å². The first-order valence-corrected chi connectivity index (χ1v) is 5.01. The van der Waals surface area contributed by atoms with Crippen LogP contribution in [0.2, 0.25) is 0 Å². The topological polar surface area (TPSA) is 21.7 Å². The first-order valence-electron chi connectivity index (χ1n) is 5.01. The number of fused-ring (bicyclic) bond motifs is 1. The molecule has 3 nitrogen and oxygen atoms in total. The van der Waals surface area contributed by atoms with Crippen molar-refractivity contribution in [1.82, 2.24) is 0 Å². The summed E-state index contributed by atoms with van der Waals surface area (Å²) in [6.45, 7) is 5.53. The molecule has 1 atom stereocenters. The average molecular weight is 193 g/mol. The number of rotatable bonds is 3. The molecule has 0 N–H and O–H groups in total. The van der Waals surface area contributed by atoms with Crippen LogP contribution >= 0.6 is 0 Å². The lowest BCUT2D eigenvalue weighted by Crippen LogP contribution is -2.19. The van der Waals surface area contributed by atoms with Crippen LogP contribution in [-0.2, 0) is 9.57 Å². The molecule has 1 aromatic carbocycles. The minimum atomic E-state index is -0.226. The lowest BCUT2D eigenvalue weighted by atomic mass is 10.2. The summed E-state index contributed by atoms with van der Waals surface area (Å²) < 4.78 is 5.50. The highest BCUT2D eigenvalue weighted by Crippen LogP contribution is 2.37. The number of hydroxylamine groups is 1. The largest absolute Gasteiger partial charge is 0.347 e. The number of benzene rings is 1. The van der Waals surface area contributed by atoms with Gasteiger partial charge >= 0.3 is 0 Å². The fraction of sp³-hybridized carbons (Fsp3) is 0.455. The third-order valence-corrected chi connectivity index (χ3v) is 2.29.